The van der Waals surface area contributed by atoms with Crippen LogP contribution in [0.5, 0.6) is 0 Å². The highest BCUT2D eigenvalue weighted by Crippen LogP contribution is 2.24. The highest BCUT2D eigenvalue weighted by Gasteiger charge is 2.29. The Morgan fingerprint density at radius 3 is 2.71 bits per heavy atom. The lowest BCUT2D eigenvalue weighted by atomic mass is 9.92. The van der Waals surface area contributed by atoms with Gasteiger partial charge in [-0.05, 0) is 25.7 Å². The van der Waals surface area contributed by atoms with E-state index in [1.54, 1.807) is 0 Å². The topological polar surface area (TPSA) is 29.5 Å². The summed E-state index contributed by atoms with van der Waals surface area (Å²) in [5.41, 5.74) is 0. The summed E-state index contributed by atoms with van der Waals surface area (Å²) >= 11 is 0. The van der Waals surface area contributed by atoms with Crippen LogP contribution in [0, 0.1) is 5.92 Å². The number of Topliss-reactive ketones (excluding diaryl/α,β-unsaturated/α-hetero) is 1. The highest BCUT2D eigenvalue weighted by atomic mass is 16.5. The van der Waals surface area contributed by atoms with Crippen molar-refractivity contribution < 1.29 is 9.53 Å². The van der Waals surface area contributed by atoms with Crippen LogP contribution in [0.4, 0.5) is 0 Å². The molecule has 0 aromatic rings. The molecule has 0 N–H and O–H groups in total. The molecule has 0 aromatic carbocycles. The van der Waals surface area contributed by atoms with Crippen molar-refractivity contribution in [2.45, 2.75) is 32.2 Å². The highest BCUT2D eigenvalue weighted by molar-refractivity contribution is 5.82. The average molecular weight is 197 g/mol. The van der Waals surface area contributed by atoms with Gasteiger partial charge in [0.25, 0.3) is 0 Å². The van der Waals surface area contributed by atoms with Crippen LogP contribution < -0.4 is 0 Å². The second-order valence-electron chi connectivity index (χ2n) is 4.45. The molecule has 2 aliphatic heterocycles. The van der Waals surface area contributed by atoms with Crippen molar-refractivity contribution in [1.29, 1.82) is 0 Å². The molecule has 0 bridgehead atoms. The van der Waals surface area contributed by atoms with E-state index in [1.807, 2.05) is 0 Å². The minimum absolute atomic E-state index is 0.406. The molecule has 2 aliphatic rings. The molecule has 2 saturated heterocycles. The minimum Gasteiger partial charge on any atom is -0.381 e. The van der Waals surface area contributed by atoms with Crippen LogP contribution in [-0.4, -0.2) is 43.0 Å². The lowest BCUT2D eigenvalue weighted by Crippen LogP contribution is -2.39. The van der Waals surface area contributed by atoms with E-state index in [0.717, 1.165) is 44.9 Å². The molecule has 2 heterocycles. The first-order valence-electron chi connectivity index (χ1n) is 5.61. The standard InChI is InChI=1S/C11H19NO2/c1-9(10-3-6-14-7-4-10)12-5-2-11(13)8-12/h9-10H,2-8H2,1H3. The normalized spacial score (nSPS) is 28.2. The number of ether oxygens (including phenoxy) is 1. The molecular weight excluding hydrogens is 178 g/mol. The van der Waals surface area contributed by atoms with Gasteiger partial charge in [-0.3, -0.25) is 9.69 Å². The van der Waals surface area contributed by atoms with Gasteiger partial charge in [0.05, 0.1) is 6.54 Å². The molecule has 0 spiro atoms. The average Bonchev–Trinajstić information content (AvgIpc) is 2.65. The zero-order chi connectivity index (χ0) is 9.97. The zero-order valence-electron chi connectivity index (χ0n) is 8.87. The van der Waals surface area contributed by atoms with E-state index in [1.165, 1.54) is 0 Å². The Morgan fingerprint density at radius 2 is 2.14 bits per heavy atom. The van der Waals surface area contributed by atoms with Crippen LogP contribution in [0.1, 0.15) is 26.2 Å². The van der Waals surface area contributed by atoms with Gasteiger partial charge < -0.3 is 4.74 Å². The van der Waals surface area contributed by atoms with Gasteiger partial charge in [-0.1, -0.05) is 0 Å². The van der Waals surface area contributed by atoms with Crippen LogP contribution >= 0.6 is 0 Å². The van der Waals surface area contributed by atoms with Crippen molar-refractivity contribution in [2.75, 3.05) is 26.3 Å². The number of hydrogen-bond donors (Lipinski definition) is 0. The zero-order valence-corrected chi connectivity index (χ0v) is 8.87. The quantitative estimate of drug-likeness (QED) is 0.663. The molecular formula is C11H19NO2. The lowest BCUT2D eigenvalue weighted by molar-refractivity contribution is -0.117. The molecule has 0 saturated carbocycles. The van der Waals surface area contributed by atoms with Crippen molar-refractivity contribution in [2.24, 2.45) is 5.92 Å². The monoisotopic (exact) mass is 197 g/mol. The third kappa shape index (κ3) is 2.15. The Balaban J connectivity index is 1.86. The van der Waals surface area contributed by atoms with Crippen LogP contribution in [0.25, 0.3) is 0 Å². The Kier molecular flexibility index (Phi) is 3.19. The van der Waals surface area contributed by atoms with E-state index in [9.17, 15) is 4.79 Å². The molecule has 1 unspecified atom stereocenters. The maximum absolute atomic E-state index is 11.2. The van der Waals surface area contributed by atoms with Crippen molar-refractivity contribution in [3.05, 3.63) is 0 Å². The van der Waals surface area contributed by atoms with Crippen LogP contribution in [0.15, 0.2) is 0 Å². The second-order valence-corrected chi connectivity index (χ2v) is 4.45. The van der Waals surface area contributed by atoms with Crippen molar-refractivity contribution >= 4 is 5.78 Å². The fourth-order valence-corrected chi connectivity index (χ4v) is 2.50. The van der Waals surface area contributed by atoms with Crippen molar-refractivity contribution in [1.82, 2.24) is 4.90 Å². The molecule has 0 amide bonds. The van der Waals surface area contributed by atoms with Gasteiger partial charge in [0, 0.05) is 32.2 Å². The van der Waals surface area contributed by atoms with E-state index in [4.69, 9.17) is 4.74 Å². The fraction of sp³-hybridized carbons (Fsp3) is 0.909. The molecule has 0 aliphatic carbocycles. The molecule has 2 fully saturated rings. The van der Waals surface area contributed by atoms with E-state index in [2.05, 4.69) is 11.8 Å². The Hall–Kier alpha value is -0.410. The van der Waals surface area contributed by atoms with Gasteiger partial charge in [0.1, 0.15) is 5.78 Å². The fourth-order valence-electron chi connectivity index (χ4n) is 2.50. The number of nitrogens with zero attached hydrogens (tertiary/aromatic N) is 1. The SMILES string of the molecule is CC(C1CCOCC1)N1CCC(=O)C1. The number of ketones is 1. The summed E-state index contributed by atoms with van der Waals surface area (Å²) in [5.74, 6) is 1.14. The molecule has 0 aromatic heterocycles. The Morgan fingerprint density at radius 1 is 1.43 bits per heavy atom. The number of rotatable bonds is 2. The van der Waals surface area contributed by atoms with Gasteiger partial charge in [-0.15, -0.1) is 0 Å². The number of hydrogen-bond acceptors (Lipinski definition) is 3. The first-order valence-corrected chi connectivity index (χ1v) is 5.61. The molecule has 3 heteroatoms. The smallest absolute Gasteiger partial charge is 0.148 e. The van der Waals surface area contributed by atoms with Gasteiger partial charge in [0.2, 0.25) is 0 Å². The molecule has 0 radical (unpaired) electrons. The Labute approximate surface area is 85.4 Å². The molecule has 1 atom stereocenters. The van der Waals surface area contributed by atoms with Gasteiger partial charge in [-0.25, -0.2) is 0 Å². The van der Waals surface area contributed by atoms with E-state index in [-0.39, 0.29) is 0 Å². The first-order chi connectivity index (χ1) is 6.77. The summed E-state index contributed by atoms with van der Waals surface area (Å²) < 4.78 is 5.35. The number of likely N-dealkylation sites (tertiary alicyclic amines) is 1. The summed E-state index contributed by atoms with van der Waals surface area (Å²) in [7, 11) is 0. The molecule has 3 nitrogen and oxygen atoms in total. The summed E-state index contributed by atoms with van der Waals surface area (Å²) in [5, 5.41) is 0. The summed E-state index contributed by atoms with van der Waals surface area (Å²) in [6, 6.07) is 0.561. The summed E-state index contributed by atoms with van der Waals surface area (Å²) in [6.45, 7) is 5.71. The van der Waals surface area contributed by atoms with Crippen LogP contribution in [0.3, 0.4) is 0 Å². The largest absolute Gasteiger partial charge is 0.381 e. The number of carbonyl (C=O) groups excluding carboxylic acids is 1. The van der Waals surface area contributed by atoms with E-state index < -0.39 is 0 Å². The van der Waals surface area contributed by atoms with Crippen LogP contribution in [-0.2, 0) is 9.53 Å². The maximum Gasteiger partial charge on any atom is 0.148 e. The van der Waals surface area contributed by atoms with Gasteiger partial charge in [-0.2, -0.15) is 0 Å². The Bertz CT molecular complexity index is 211. The van der Waals surface area contributed by atoms with Crippen molar-refractivity contribution in [3.63, 3.8) is 0 Å². The predicted molar refractivity (Wildman–Crippen MR) is 54.2 cm³/mol. The van der Waals surface area contributed by atoms with E-state index in [0.29, 0.717) is 18.4 Å². The van der Waals surface area contributed by atoms with Crippen LogP contribution in [0.2, 0.25) is 0 Å². The third-order valence-electron chi connectivity index (χ3n) is 3.58. The molecule has 14 heavy (non-hydrogen) atoms. The maximum atomic E-state index is 11.2. The molecule has 2 rings (SSSR count). The van der Waals surface area contributed by atoms with Gasteiger partial charge >= 0.3 is 0 Å². The lowest BCUT2D eigenvalue weighted by Gasteiger charge is -2.33. The predicted octanol–water partition coefficient (Wildman–Crippen LogP) is 1.08. The summed E-state index contributed by atoms with van der Waals surface area (Å²) in [4.78, 5) is 13.5. The second kappa shape index (κ2) is 4.41. The molecule has 80 valence electrons. The summed E-state index contributed by atoms with van der Waals surface area (Å²) in [6.07, 6.45) is 3.07. The number of carbonyl (C=O) groups is 1. The first kappa shape index (κ1) is 10.1. The third-order valence-corrected chi connectivity index (χ3v) is 3.58. The van der Waals surface area contributed by atoms with Crippen molar-refractivity contribution in [3.8, 4) is 0 Å². The minimum atomic E-state index is 0.406. The van der Waals surface area contributed by atoms with Gasteiger partial charge in [0.15, 0.2) is 0 Å². The van der Waals surface area contributed by atoms with E-state index >= 15 is 0 Å².